The van der Waals surface area contributed by atoms with Gasteiger partial charge in [-0.15, -0.1) is 0 Å². The molecule has 4 N–H and O–H groups in total. The number of hydrogen-bond acceptors (Lipinski definition) is 4. The largest absolute Gasteiger partial charge is 0.409 e. The molecule has 1 fully saturated rings. The van der Waals surface area contributed by atoms with Crippen molar-refractivity contribution in [2.75, 3.05) is 13.1 Å². The molecule has 1 aliphatic rings. The Hall–Kier alpha value is -1.59. The topological polar surface area (TPSA) is 82.1 Å². The lowest BCUT2D eigenvalue weighted by Gasteiger charge is -2.23. The summed E-state index contributed by atoms with van der Waals surface area (Å²) in [6.45, 7) is 4.47. The van der Waals surface area contributed by atoms with Crippen molar-refractivity contribution in [2.24, 2.45) is 10.9 Å². The molecule has 0 amide bonds. The number of likely N-dealkylation sites (tertiary alicyclic amines) is 1. The lowest BCUT2D eigenvalue weighted by molar-refractivity contribution is 0.0444. The van der Waals surface area contributed by atoms with Crippen molar-refractivity contribution in [3.8, 4) is 0 Å². The molecule has 1 aromatic rings. The summed E-state index contributed by atoms with van der Waals surface area (Å²) in [6, 6.07) is 7.69. The van der Waals surface area contributed by atoms with Crippen molar-refractivity contribution in [1.82, 2.24) is 4.90 Å². The molecule has 1 saturated heterocycles. The van der Waals surface area contributed by atoms with Gasteiger partial charge in [0.25, 0.3) is 0 Å². The minimum absolute atomic E-state index is 0.141. The normalized spacial score (nSPS) is 25.4. The summed E-state index contributed by atoms with van der Waals surface area (Å²) in [5.41, 5.74) is 6.98. The van der Waals surface area contributed by atoms with Gasteiger partial charge in [0.2, 0.25) is 0 Å². The molecule has 0 spiro atoms. The second kappa shape index (κ2) is 6.24. The van der Waals surface area contributed by atoms with Gasteiger partial charge in [-0.25, -0.2) is 0 Å². The molecule has 110 valence electrons. The number of amidine groups is 1. The van der Waals surface area contributed by atoms with Crippen LogP contribution in [0.1, 0.15) is 37.3 Å². The number of nitrogens with zero attached hydrogens (tertiary/aromatic N) is 2. The maximum atomic E-state index is 10.1. The van der Waals surface area contributed by atoms with E-state index in [9.17, 15) is 5.11 Å². The molecule has 1 atom stereocenters. The third-order valence-electron chi connectivity index (χ3n) is 3.95. The average Bonchev–Trinajstić information content (AvgIpc) is 2.60. The van der Waals surface area contributed by atoms with Crippen LogP contribution in [0.15, 0.2) is 29.4 Å². The van der Waals surface area contributed by atoms with Crippen molar-refractivity contribution < 1.29 is 10.3 Å². The number of benzene rings is 1. The molecule has 0 aromatic heterocycles. The highest BCUT2D eigenvalue weighted by Gasteiger charge is 2.25. The molecule has 0 saturated carbocycles. The number of oxime groups is 1. The van der Waals surface area contributed by atoms with Crippen LogP contribution < -0.4 is 5.73 Å². The first-order valence-electron chi connectivity index (χ1n) is 7.02. The minimum Gasteiger partial charge on any atom is -0.409 e. The van der Waals surface area contributed by atoms with Gasteiger partial charge in [-0.3, -0.25) is 4.90 Å². The molecule has 20 heavy (non-hydrogen) atoms. The van der Waals surface area contributed by atoms with E-state index in [0.717, 1.165) is 50.0 Å². The molecule has 0 bridgehead atoms. The van der Waals surface area contributed by atoms with E-state index in [4.69, 9.17) is 10.9 Å². The molecular formula is C15H23N3O2. The molecule has 2 rings (SSSR count). The van der Waals surface area contributed by atoms with Crippen LogP contribution in [0, 0.1) is 0 Å². The first-order valence-corrected chi connectivity index (χ1v) is 7.02. The molecule has 1 aromatic carbocycles. The van der Waals surface area contributed by atoms with Gasteiger partial charge >= 0.3 is 0 Å². The van der Waals surface area contributed by atoms with Crippen LogP contribution in [0.25, 0.3) is 0 Å². The smallest absolute Gasteiger partial charge is 0.170 e. The first-order chi connectivity index (χ1) is 9.52. The van der Waals surface area contributed by atoms with E-state index in [-0.39, 0.29) is 5.84 Å². The van der Waals surface area contributed by atoms with Crippen molar-refractivity contribution in [3.63, 3.8) is 0 Å². The minimum atomic E-state index is -0.556. The standard InChI is InChI=1S/C15H23N3O2/c1-15(19)7-4-9-18(10-8-15)11-12-5-2-3-6-13(12)14(16)17-20/h2-3,5-6,19-20H,4,7-11H2,1H3,(H2,16,17). The maximum Gasteiger partial charge on any atom is 0.170 e. The highest BCUT2D eigenvalue weighted by Crippen LogP contribution is 2.23. The molecular weight excluding hydrogens is 254 g/mol. The van der Waals surface area contributed by atoms with Crippen molar-refractivity contribution >= 4 is 5.84 Å². The van der Waals surface area contributed by atoms with E-state index >= 15 is 0 Å². The first kappa shape index (κ1) is 14.8. The average molecular weight is 277 g/mol. The fraction of sp³-hybridized carbons (Fsp3) is 0.533. The Morgan fingerprint density at radius 2 is 2.10 bits per heavy atom. The van der Waals surface area contributed by atoms with Crippen LogP contribution in [0.3, 0.4) is 0 Å². The van der Waals surface area contributed by atoms with E-state index in [0.29, 0.717) is 0 Å². The Morgan fingerprint density at radius 3 is 2.85 bits per heavy atom. The molecule has 1 unspecified atom stereocenters. The summed E-state index contributed by atoms with van der Waals surface area (Å²) < 4.78 is 0. The van der Waals surface area contributed by atoms with Crippen LogP contribution in [-0.2, 0) is 6.54 Å². The van der Waals surface area contributed by atoms with Gasteiger partial charge in [-0.2, -0.15) is 0 Å². The highest BCUT2D eigenvalue weighted by molar-refractivity contribution is 5.98. The van der Waals surface area contributed by atoms with E-state index in [1.165, 1.54) is 0 Å². The SMILES string of the molecule is CC1(O)CCCN(Cc2ccccc2/C(N)=N/O)CC1. The Bertz CT molecular complexity index is 486. The summed E-state index contributed by atoms with van der Waals surface area (Å²) >= 11 is 0. The number of aliphatic hydroxyl groups is 1. The molecule has 1 heterocycles. The van der Waals surface area contributed by atoms with Crippen molar-refractivity contribution in [3.05, 3.63) is 35.4 Å². The van der Waals surface area contributed by atoms with Crippen LogP contribution in [0.4, 0.5) is 0 Å². The number of rotatable bonds is 3. The maximum absolute atomic E-state index is 10.1. The summed E-state index contributed by atoms with van der Waals surface area (Å²) in [5.74, 6) is 0.141. The summed E-state index contributed by atoms with van der Waals surface area (Å²) in [5, 5.41) is 22.1. The fourth-order valence-electron chi connectivity index (χ4n) is 2.68. The van der Waals surface area contributed by atoms with Crippen LogP contribution >= 0.6 is 0 Å². The lowest BCUT2D eigenvalue weighted by atomic mass is 9.98. The number of hydrogen-bond donors (Lipinski definition) is 3. The predicted octanol–water partition coefficient (Wildman–Crippen LogP) is 1.52. The van der Waals surface area contributed by atoms with Crippen LogP contribution in [0.2, 0.25) is 0 Å². The Balaban J connectivity index is 2.10. The summed E-state index contributed by atoms with van der Waals surface area (Å²) in [6.07, 6.45) is 2.60. The fourth-order valence-corrected chi connectivity index (χ4v) is 2.68. The highest BCUT2D eigenvalue weighted by atomic mass is 16.4. The van der Waals surface area contributed by atoms with E-state index in [1.807, 2.05) is 31.2 Å². The van der Waals surface area contributed by atoms with E-state index in [1.54, 1.807) is 0 Å². The molecule has 5 heteroatoms. The van der Waals surface area contributed by atoms with Crippen molar-refractivity contribution in [1.29, 1.82) is 0 Å². The van der Waals surface area contributed by atoms with Gasteiger partial charge in [0.1, 0.15) is 0 Å². The zero-order valence-corrected chi connectivity index (χ0v) is 11.9. The number of nitrogens with two attached hydrogens (primary N) is 1. The quantitative estimate of drug-likeness (QED) is 0.338. The van der Waals surface area contributed by atoms with Gasteiger partial charge < -0.3 is 16.0 Å². The second-order valence-electron chi connectivity index (χ2n) is 5.77. The third kappa shape index (κ3) is 3.71. The van der Waals surface area contributed by atoms with Crippen LogP contribution in [0.5, 0.6) is 0 Å². The zero-order chi connectivity index (χ0) is 14.6. The second-order valence-corrected chi connectivity index (χ2v) is 5.77. The Kier molecular flexibility index (Phi) is 4.62. The molecule has 5 nitrogen and oxygen atoms in total. The van der Waals surface area contributed by atoms with Gasteiger partial charge in [0, 0.05) is 18.7 Å². The molecule has 0 radical (unpaired) electrons. The third-order valence-corrected chi connectivity index (χ3v) is 3.95. The zero-order valence-electron chi connectivity index (χ0n) is 11.9. The monoisotopic (exact) mass is 277 g/mol. The molecule has 0 aliphatic carbocycles. The van der Waals surface area contributed by atoms with Gasteiger partial charge in [-0.05, 0) is 38.3 Å². The Morgan fingerprint density at radius 1 is 1.35 bits per heavy atom. The van der Waals surface area contributed by atoms with E-state index in [2.05, 4.69) is 10.1 Å². The lowest BCUT2D eigenvalue weighted by Crippen LogP contribution is -2.29. The predicted molar refractivity (Wildman–Crippen MR) is 78.7 cm³/mol. The summed E-state index contributed by atoms with van der Waals surface area (Å²) in [4.78, 5) is 2.31. The van der Waals surface area contributed by atoms with E-state index < -0.39 is 5.60 Å². The van der Waals surface area contributed by atoms with Gasteiger partial charge in [0.15, 0.2) is 5.84 Å². The van der Waals surface area contributed by atoms with Gasteiger partial charge in [-0.1, -0.05) is 29.4 Å². The van der Waals surface area contributed by atoms with Gasteiger partial charge in [0.05, 0.1) is 5.60 Å². The van der Waals surface area contributed by atoms with Crippen molar-refractivity contribution in [2.45, 2.75) is 38.3 Å². The Labute approximate surface area is 119 Å². The molecule has 1 aliphatic heterocycles. The van der Waals surface area contributed by atoms with Crippen LogP contribution in [-0.4, -0.2) is 39.7 Å². The summed E-state index contributed by atoms with van der Waals surface area (Å²) in [7, 11) is 0.